The third-order valence-corrected chi connectivity index (χ3v) is 4.41. The predicted octanol–water partition coefficient (Wildman–Crippen LogP) is 3.13. The summed E-state index contributed by atoms with van der Waals surface area (Å²) in [5.41, 5.74) is 0. The van der Waals surface area contributed by atoms with E-state index in [4.69, 9.17) is 37.9 Å². The first kappa shape index (κ1) is 31.4. The van der Waals surface area contributed by atoms with Crippen molar-refractivity contribution in [2.75, 3.05) is 110 Å². The smallest absolute Gasteiger partial charge is 0.0701 e. The number of unbranched alkanes of at least 4 members (excludes halogenated alkanes) is 3. The summed E-state index contributed by atoms with van der Waals surface area (Å²) in [4.78, 5) is 0. The molecule has 0 aromatic carbocycles. The van der Waals surface area contributed by atoms with Gasteiger partial charge >= 0.3 is 0 Å². The molecule has 9 heteroatoms. The van der Waals surface area contributed by atoms with Crippen molar-refractivity contribution in [2.24, 2.45) is 0 Å². The van der Waals surface area contributed by atoms with Crippen LogP contribution in [0.1, 0.15) is 32.6 Å². The highest BCUT2D eigenvalue weighted by molar-refractivity contribution is 14.1. The van der Waals surface area contributed by atoms with Crippen LogP contribution < -0.4 is 0 Å². The second-order valence-electron chi connectivity index (χ2n) is 6.65. The van der Waals surface area contributed by atoms with Crippen molar-refractivity contribution in [1.82, 2.24) is 0 Å². The summed E-state index contributed by atoms with van der Waals surface area (Å²) >= 11 is 2.28. The Balaban J connectivity index is 2.98. The highest BCUT2D eigenvalue weighted by Gasteiger charge is 1.95. The molecule has 0 fully saturated rings. The van der Waals surface area contributed by atoms with Crippen LogP contribution in [0, 0.1) is 0 Å². The van der Waals surface area contributed by atoms with Crippen LogP contribution >= 0.6 is 22.6 Å². The molecule has 0 unspecified atom stereocenters. The zero-order chi connectivity index (χ0) is 22.5. The first-order chi connectivity index (χ1) is 15.4. The zero-order valence-electron chi connectivity index (χ0n) is 19.5. The van der Waals surface area contributed by atoms with E-state index < -0.39 is 0 Å². The van der Waals surface area contributed by atoms with Crippen LogP contribution in [0.15, 0.2) is 0 Å². The Morgan fingerprint density at radius 2 is 0.645 bits per heavy atom. The Bertz CT molecular complexity index is 285. The molecule has 188 valence electrons. The van der Waals surface area contributed by atoms with Crippen molar-refractivity contribution >= 4 is 22.6 Å². The number of hydrogen-bond acceptors (Lipinski definition) is 8. The molecule has 0 atom stereocenters. The van der Waals surface area contributed by atoms with Crippen molar-refractivity contribution < 1.29 is 37.9 Å². The molecule has 0 saturated carbocycles. The van der Waals surface area contributed by atoms with E-state index in [0.717, 1.165) is 24.1 Å². The first-order valence-electron chi connectivity index (χ1n) is 11.6. The van der Waals surface area contributed by atoms with Crippen LogP contribution in [0.4, 0.5) is 0 Å². The van der Waals surface area contributed by atoms with Crippen LogP contribution in [0.25, 0.3) is 0 Å². The van der Waals surface area contributed by atoms with E-state index in [1.165, 1.54) is 19.3 Å². The maximum atomic E-state index is 5.51. The van der Waals surface area contributed by atoms with Crippen LogP contribution in [-0.4, -0.2) is 110 Å². The molecule has 0 heterocycles. The van der Waals surface area contributed by atoms with Gasteiger partial charge in [-0.15, -0.1) is 0 Å². The summed E-state index contributed by atoms with van der Waals surface area (Å²) in [6, 6.07) is 0. The Morgan fingerprint density at radius 1 is 0.355 bits per heavy atom. The lowest BCUT2D eigenvalue weighted by atomic mass is 10.2. The van der Waals surface area contributed by atoms with Gasteiger partial charge in [0.25, 0.3) is 0 Å². The van der Waals surface area contributed by atoms with E-state index in [0.29, 0.717) is 92.5 Å². The maximum absolute atomic E-state index is 5.51. The number of hydrogen-bond donors (Lipinski definition) is 0. The summed E-state index contributed by atoms with van der Waals surface area (Å²) in [6.45, 7) is 12.0. The van der Waals surface area contributed by atoms with Crippen molar-refractivity contribution in [3.63, 3.8) is 0 Å². The topological polar surface area (TPSA) is 73.8 Å². The minimum atomic E-state index is 0.551. The van der Waals surface area contributed by atoms with Gasteiger partial charge in [0.15, 0.2) is 0 Å². The molecular weight excluding hydrogens is 519 g/mol. The lowest BCUT2D eigenvalue weighted by Gasteiger charge is -2.08. The molecule has 31 heavy (non-hydrogen) atoms. The van der Waals surface area contributed by atoms with E-state index in [-0.39, 0.29) is 0 Å². The van der Waals surface area contributed by atoms with Gasteiger partial charge in [0.1, 0.15) is 0 Å². The van der Waals surface area contributed by atoms with E-state index in [9.17, 15) is 0 Å². The standard InChI is InChI=1S/C22H45IO8/c1-2-3-4-5-7-24-9-11-26-13-15-28-17-19-30-21-22-31-20-18-29-16-14-27-12-10-25-8-6-23/h2-22H2,1H3. The molecule has 0 spiro atoms. The van der Waals surface area contributed by atoms with Gasteiger partial charge in [0.05, 0.1) is 99.1 Å². The van der Waals surface area contributed by atoms with Crippen LogP contribution in [-0.2, 0) is 37.9 Å². The van der Waals surface area contributed by atoms with E-state index in [2.05, 4.69) is 29.5 Å². The third-order valence-electron chi connectivity index (χ3n) is 3.97. The quantitative estimate of drug-likeness (QED) is 0.0816. The summed E-state index contributed by atoms with van der Waals surface area (Å²) < 4.78 is 44.4. The first-order valence-corrected chi connectivity index (χ1v) is 13.1. The average Bonchev–Trinajstić information content (AvgIpc) is 2.78. The highest BCUT2D eigenvalue weighted by Crippen LogP contribution is 1.98. The molecule has 0 aliphatic carbocycles. The number of halogens is 1. The molecule has 8 nitrogen and oxygen atoms in total. The molecule has 0 aromatic heterocycles. The fourth-order valence-electron chi connectivity index (χ4n) is 2.33. The molecule has 0 amide bonds. The highest BCUT2D eigenvalue weighted by atomic mass is 127. The van der Waals surface area contributed by atoms with Crippen molar-refractivity contribution in [3.05, 3.63) is 0 Å². The van der Waals surface area contributed by atoms with Gasteiger partial charge in [0.2, 0.25) is 0 Å². The van der Waals surface area contributed by atoms with E-state index >= 15 is 0 Å². The Hall–Kier alpha value is 0.410. The monoisotopic (exact) mass is 564 g/mol. The molecule has 0 saturated heterocycles. The molecule has 0 aliphatic heterocycles. The van der Waals surface area contributed by atoms with E-state index in [1.54, 1.807) is 0 Å². The zero-order valence-corrected chi connectivity index (χ0v) is 21.7. The maximum Gasteiger partial charge on any atom is 0.0701 e. The molecule has 0 aliphatic rings. The lowest BCUT2D eigenvalue weighted by Crippen LogP contribution is -2.15. The number of rotatable bonds is 28. The summed E-state index contributed by atoms with van der Waals surface area (Å²) in [7, 11) is 0. The Kier molecular flexibility index (Phi) is 30.8. The average molecular weight is 564 g/mol. The molecule has 0 rings (SSSR count). The molecular formula is C22H45IO8. The normalized spacial score (nSPS) is 11.4. The molecule has 0 aromatic rings. The fourth-order valence-corrected chi connectivity index (χ4v) is 2.64. The summed E-state index contributed by atoms with van der Waals surface area (Å²) in [5, 5.41) is 0. The number of ether oxygens (including phenoxy) is 8. The van der Waals surface area contributed by atoms with Crippen molar-refractivity contribution in [2.45, 2.75) is 32.6 Å². The second kappa shape index (κ2) is 30.4. The lowest BCUT2D eigenvalue weighted by molar-refractivity contribution is -0.0228. The predicted molar refractivity (Wildman–Crippen MR) is 130 cm³/mol. The SMILES string of the molecule is CCCCCCOCCOCCOCCOCCOCCOCCOCCOCCI. The fraction of sp³-hybridized carbons (Fsp3) is 1.00. The largest absolute Gasteiger partial charge is 0.379 e. The molecule has 0 radical (unpaired) electrons. The Morgan fingerprint density at radius 3 is 0.935 bits per heavy atom. The van der Waals surface area contributed by atoms with Crippen LogP contribution in [0.3, 0.4) is 0 Å². The van der Waals surface area contributed by atoms with Gasteiger partial charge < -0.3 is 37.9 Å². The van der Waals surface area contributed by atoms with Crippen molar-refractivity contribution in [1.29, 1.82) is 0 Å². The summed E-state index contributed by atoms with van der Waals surface area (Å²) in [6.07, 6.45) is 4.93. The van der Waals surface area contributed by atoms with Crippen LogP contribution in [0.2, 0.25) is 0 Å². The van der Waals surface area contributed by atoms with E-state index in [1.807, 2.05) is 0 Å². The van der Waals surface area contributed by atoms with Gasteiger partial charge in [-0.25, -0.2) is 0 Å². The third kappa shape index (κ3) is 30.4. The van der Waals surface area contributed by atoms with Gasteiger partial charge in [-0.1, -0.05) is 48.8 Å². The van der Waals surface area contributed by atoms with Gasteiger partial charge in [-0.2, -0.15) is 0 Å². The van der Waals surface area contributed by atoms with Gasteiger partial charge in [0, 0.05) is 11.0 Å². The Labute approximate surface area is 203 Å². The minimum absolute atomic E-state index is 0.551. The molecule has 0 bridgehead atoms. The number of alkyl halides is 1. The minimum Gasteiger partial charge on any atom is -0.379 e. The molecule has 0 N–H and O–H groups in total. The van der Waals surface area contributed by atoms with Gasteiger partial charge in [-0.3, -0.25) is 0 Å². The van der Waals surface area contributed by atoms with Crippen LogP contribution in [0.5, 0.6) is 0 Å². The van der Waals surface area contributed by atoms with Gasteiger partial charge in [-0.05, 0) is 6.42 Å². The summed E-state index contributed by atoms with van der Waals surface area (Å²) in [5.74, 6) is 0. The van der Waals surface area contributed by atoms with Crippen molar-refractivity contribution in [3.8, 4) is 0 Å². The second-order valence-corrected chi connectivity index (χ2v) is 7.73.